The highest BCUT2D eigenvalue weighted by molar-refractivity contribution is 7.33. The molecule has 12 heteroatoms. The van der Waals surface area contributed by atoms with Crippen molar-refractivity contribution in [2.45, 2.75) is 18.9 Å². The lowest BCUT2D eigenvalue weighted by atomic mass is 10.3. The molecule has 1 rings (SSSR count). The van der Waals surface area contributed by atoms with E-state index in [1.807, 2.05) is 0 Å². The van der Waals surface area contributed by atoms with Crippen molar-refractivity contribution in [2.24, 2.45) is 5.73 Å². The monoisotopic (exact) mass is 315 g/mol. The summed E-state index contributed by atoms with van der Waals surface area (Å²) in [6, 6.07) is 0. The second-order valence-electron chi connectivity index (χ2n) is 3.52. The Morgan fingerprint density at radius 2 is 1.95 bits per heavy atom. The zero-order valence-corrected chi connectivity index (χ0v) is 11.7. The van der Waals surface area contributed by atoms with Gasteiger partial charge in [0.25, 0.3) is 0 Å². The number of hydrogen-bond acceptors (Lipinski definition) is 7. The topological polar surface area (TPSA) is 157 Å². The van der Waals surface area contributed by atoms with Crippen molar-refractivity contribution in [1.29, 1.82) is 0 Å². The maximum atomic E-state index is 10.6. The fourth-order valence-electron chi connectivity index (χ4n) is 1.36. The average molecular weight is 315 g/mol. The van der Waals surface area contributed by atoms with Gasteiger partial charge in [0.2, 0.25) is 0 Å². The molecule has 0 aromatic carbocycles. The number of imidazole rings is 1. The van der Waals surface area contributed by atoms with E-state index < -0.39 is 29.0 Å². The summed E-state index contributed by atoms with van der Waals surface area (Å²) in [5.41, 5.74) is 5.96. The molecule has 0 radical (unpaired) electrons. The van der Waals surface area contributed by atoms with Crippen molar-refractivity contribution in [3.05, 3.63) is 18.2 Å². The molecule has 0 saturated heterocycles. The van der Waals surface area contributed by atoms with Gasteiger partial charge in [-0.1, -0.05) is 0 Å². The number of nitrogens with zero attached hydrogens (tertiary/aromatic N) is 2. The SMILES string of the molecule is NCCc1cn(CC(O)(O[PH](=O)O)O[PH](=O)O)cn1. The van der Waals surface area contributed by atoms with Gasteiger partial charge in [-0.15, -0.1) is 0 Å². The third-order valence-electron chi connectivity index (χ3n) is 1.96. The highest BCUT2D eigenvalue weighted by atomic mass is 31.1. The number of aliphatic hydroxyl groups is 1. The largest absolute Gasteiger partial charge is 0.341 e. The minimum Gasteiger partial charge on any atom is -0.341 e. The summed E-state index contributed by atoms with van der Waals surface area (Å²) < 4.78 is 31.0. The summed E-state index contributed by atoms with van der Waals surface area (Å²) in [6.07, 6.45) is 3.29. The first kappa shape index (κ1) is 16.5. The van der Waals surface area contributed by atoms with Crippen LogP contribution in [0, 0.1) is 0 Å². The maximum Gasteiger partial charge on any atom is 0.320 e. The first-order valence-electron chi connectivity index (χ1n) is 5.11. The third-order valence-corrected chi connectivity index (χ3v) is 2.95. The number of rotatable bonds is 8. The molecular formula is C7H15N3O7P2. The Morgan fingerprint density at radius 1 is 1.37 bits per heavy atom. The Hall–Kier alpha value is -0.570. The van der Waals surface area contributed by atoms with Crippen molar-refractivity contribution in [3.8, 4) is 0 Å². The Labute approximate surface area is 109 Å². The molecule has 0 spiro atoms. The minimum atomic E-state index is -3.57. The Kier molecular flexibility index (Phi) is 6.31. The summed E-state index contributed by atoms with van der Waals surface area (Å²) in [5.74, 6) is -2.68. The van der Waals surface area contributed by atoms with Gasteiger partial charge in [-0.25, -0.2) is 4.98 Å². The first-order chi connectivity index (χ1) is 8.84. The predicted octanol–water partition coefficient (Wildman–Crippen LogP) is -1.17. The van der Waals surface area contributed by atoms with Gasteiger partial charge in [-0.2, -0.15) is 0 Å². The van der Waals surface area contributed by atoms with Crippen molar-refractivity contribution in [2.75, 3.05) is 6.54 Å². The molecule has 0 bridgehead atoms. The highest BCUT2D eigenvalue weighted by Gasteiger charge is 2.34. The molecule has 0 amide bonds. The van der Waals surface area contributed by atoms with E-state index in [0.717, 1.165) is 0 Å². The maximum absolute atomic E-state index is 10.6. The lowest BCUT2D eigenvalue weighted by molar-refractivity contribution is -0.281. The van der Waals surface area contributed by atoms with Crippen LogP contribution in [0.2, 0.25) is 0 Å². The van der Waals surface area contributed by atoms with Crippen LogP contribution in [0.3, 0.4) is 0 Å². The molecule has 110 valence electrons. The fourth-order valence-corrected chi connectivity index (χ4v) is 2.20. The van der Waals surface area contributed by atoms with Gasteiger partial charge in [-0.3, -0.25) is 18.2 Å². The van der Waals surface area contributed by atoms with Gasteiger partial charge in [0.15, 0.2) is 0 Å². The van der Waals surface area contributed by atoms with E-state index >= 15 is 0 Å². The first-order valence-corrected chi connectivity index (χ1v) is 7.64. The van der Waals surface area contributed by atoms with Crippen LogP contribution in [0.1, 0.15) is 5.69 Å². The molecule has 0 aliphatic carbocycles. The molecule has 19 heavy (non-hydrogen) atoms. The van der Waals surface area contributed by atoms with E-state index in [1.54, 1.807) is 0 Å². The number of hydrogen-bond donors (Lipinski definition) is 4. The molecule has 1 heterocycles. The number of aromatic nitrogens is 2. The quantitative estimate of drug-likeness (QED) is 0.342. The van der Waals surface area contributed by atoms with Crippen LogP contribution in [-0.2, 0) is 31.1 Å². The normalized spacial score (nSPS) is 17.9. The molecule has 2 unspecified atom stereocenters. The second kappa shape index (κ2) is 7.28. The summed E-state index contributed by atoms with van der Waals surface area (Å²) in [4.78, 5) is 21.2. The van der Waals surface area contributed by atoms with Crippen LogP contribution >= 0.6 is 16.5 Å². The minimum absolute atomic E-state index is 0.378. The molecule has 0 saturated carbocycles. The Bertz CT molecular complexity index is 449. The molecular weight excluding hydrogens is 300 g/mol. The Morgan fingerprint density at radius 3 is 2.42 bits per heavy atom. The lowest BCUT2D eigenvalue weighted by Crippen LogP contribution is -2.36. The molecule has 0 aliphatic rings. The molecule has 5 N–H and O–H groups in total. The van der Waals surface area contributed by atoms with Crippen LogP contribution < -0.4 is 5.73 Å². The van der Waals surface area contributed by atoms with Gasteiger partial charge in [0.05, 0.1) is 12.0 Å². The zero-order valence-electron chi connectivity index (χ0n) is 9.72. The van der Waals surface area contributed by atoms with Crippen LogP contribution in [0.25, 0.3) is 0 Å². The fraction of sp³-hybridized carbons (Fsp3) is 0.571. The lowest BCUT2D eigenvalue weighted by Gasteiger charge is -2.24. The number of nitrogens with two attached hydrogens (primary N) is 1. The smallest absolute Gasteiger partial charge is 0.320 e. The van der Waals surface area contributed by atoms with Crippen molar-refractivity contribution in [3.63, 3.8) is 0 Å². The summed E-state index contributed by atoms with van der Waals surface area (Å²) in [5, 5.41) is 9.76. The van der Waals surface area contributed by atoms with Gasteiger partial charge in [0.1, 0.15) is 6.54 Å². The van der Waals surface area contributed by atoms with Gasteiger partial charge in [0, 0.05) is 12.6 Å². The van der Waals surface area contributed by atoms with E-state index in [0.29, 0.717) is 18.7 Å². The third kappa shape index (κ3) is 5.94. The van der Waals surface area contributed by atoms with E-state index in [4.69, 9.17) is 15.5 Å². The second-order valence-corrected chi connectivity index (χ2v) is 5.00. The van der Waals surface area contributed by atoms with Gasteiger partial charge in [-0.05, 0) is 6.54 Å². The van der Waals surface area contributed by atoms with E-state index in [1.165, 1.54) is 17.1 Å². The molecule has 0 aliphatic heterocycles. The predicted molar refractivity (Wildman–Crippen MR) is 64.5 cm³/mol. The van der Waals surface area contributed by atoms with Crippen LogP contribution in [0.15, 0.2) is 12.5 Å². The van der Waals surface area contributed by atoms with Gasteiger partial charge < -0.3 is 25.2 Å². The average Bonchev–Trinajstić information content (AvgIpc) is 2.62. The molecule has 1 aromatic heterocycles. The van der Waals surface area contributed by atoms with Crippen molar-refractivity contribution in [1.82, 2.24) is 9.55 Å². The van der Waals surface area contributed by atoms with Gasteiger partial charge >= 0.3 is 22.5 Å². The molecule has 10 nitrogen and oxygen atoms in total. The molecule has 0 fully saturated rings. The molecule has 1 aromatic rings. The van der Waals surface area contributed by atoms with E-state index in [9.17, 15) is 14.2 Å². The van der Waals surface area contributed by atoms with Crippen molar-refractivity contribution >= 4 is 16.5 Å². The summed E-state index contributed by atoms with van der Waals surface area (Å²) in [7, 11) is -7.14. The van der Waals surface area contributed by atoms with E-state index in [2.05, 4.69) is 14.0 Å². The summed E-state index contributed by atoms with van der Waals surface area (Å²) >= 11 is 0. The Balaban J connectivity index is 2.80. The van der Waals surface area contributed by atoms with Crippen LogP contribution in [0.4, 0.5) is 0 Å². The summed E-state index contributed by atoms with van der Waals surface area (Å²) in [6.45, 7) is -0.124. The van der Waals surface area contributed by atoms with E-state index in [-0.39, 0.29) is 0 Å². The zero-order chi connectivity index (χ0) is 14.5. The molecule has 2 atom stereocenters. The van der Waals surface area contributed by atoms with Crippen molar-refractivity contribution < 1.29 is 33.1 Å². The van der Waals surface area contributed by atoms with Crippen LogP contribution in [-0.4, -0.2) is 37.0 Å². The van der Waals surface area contributed by atoms with Crippen LogP contribution in [0.5, 0.6) is 0 Å². The highest BCUT2D eigenvalue weighted by Crippen LogP contribution is 2.33. The standard InChI is InChI=1S/C7H15N3O7P2/c8-2-1-6-3-10(5-9-6)4-7(11,16-18(12)13)17-19(14)15/h3,5,11,18-19H,1-2,4,8H2,(H,12,13)(H,14,15).